The molecule has 0 heterocycles. The highest BCUT2D eigenvalue weighted by Gasteiger charge is 2.18. The number of ether oxygens (including phenoxy) is 2. The first-order valence-electron chi connectivity index (χ1n) is 8.35. The summed E-state index contributed by atoms with van der Waals surface area (Å²) in [5.41, 5.74) is 15.4. The van der Waals surface area contributed by atoms with Crippen molar-refractivity contribution in [2.24, 2.45) is 0 Å². The van der Waals surface area contributed by atoms with E-state index in [0.717, 1.165) is 55.5 Å². The number of nitrogens with two attached hydrogens (primary N) is 2. The molecule has 26 heavy (non-hydrogen) atoms. The predicted molar refractivity (Wildman–Crippen MR) is 109 cm³/mol. The fraction of sp³-hybridized carbons (Fsp3) is 0.0909. The Labute approximate surface area is 151 Å². The normalized spacial score (nSPS) is 11.0. The van der Waals surface area contributed by atoms with Crippen molar-refractivity contribution >= 4 is 32.9 Å². The summed E-state index contributed by atoms with van der Waals surface area (Å²) in [6.45, 7) is 0. The summed E-state index contributed by atoms with van der Waals surface area (Å²) in [5, 5.41) is 4.22. The van der Waals surface area contributed by atoms with Gasteiger partial charge in [0.2, 0.25) is 0 Å². The Morgan fingerprint density at radius 3 is 1.38 bits per heavy atom. The van der Waals surface area contributed by atoms with Gasteiger partial charge in [-0.25, -0.2) is 0 Å². The van der Waals surface area contributed by atoms with Crippen LogP contribution >= 0.6 is 0 Å². The third-order valence-corrected chi connectivity index (χ3v) is 4.70. The van der Waals surface area contributed by atoms with E-state index in [0.29, 0.717) is 0 Å². The van der Waals surface area contributed by atoms with Crippen molar-refractivity contribution in [3.05, 3.63) is 60.7 Å². The lowest BCUT2D eigenvalue weighted by atomic mass is 9.92. The van der Waals surface area contributed by atoms with Gasteiger partial charge >= 0.3 is 0 Å². The topological polar surface area (TPSA) is 70.5 Å². The number of methoxy groups -OCH3 is 2. The van der Waals surface area contributed by atoms with Crippen LogP contribution in [0.3, 0.4) is 0 Å². The third kappa shape index (κ3) is 2.47. The minimum Gasteiger partial charge on any atom is -0.496 e. The summed E-state index contributed by atoms with van der Waals surface area (Å²) < 4.78 is 11.4. The molecule has 4 heteroatoms. The standard InChI is InChI=1S/C22H20N2O2/c1-25-19-9-3-13-11-15(23)5-7-17(13)21(19)22-18-8-6-16(24)12-14(18)4-10-20(22)26-2/h3-12H,23-24H2,1-2H3. The monoisotopic (exact) mass is 344 g/mol. The lowest BCUT2D eigenvalue weighted by molar-refractivity contribution is 0.411. The third-order valence-electron chi connectivity index (χ3n) is 4.70. The van der Waals surface area contributed by atoms with Crippen LogP contribution in [-0.4, -0.2) is 14.2 Å². The number of hydrogen-bond donors (Lipinski definition) is 2. The van der Waals surface area contributed by atoms with Gasteiger partial charge in [-0.15, -0.1) is 0 Å². The van der Waals surface area contributed by atoms with Crippen molar-refractivity contribution in [3.8, 4) is 22.6 Å². The number of fused-ring (bicyclic) bond motifs is 2. The summed E-state index contributed by atoms with van der Waals surface area (Å²) in [6, 6.07) is 19.8. The molecule has 0 saturated heterocycles. The van der Waals surface area contributed by atoms with Crippen LogP contribution in [0.2, 0.25) is 0 Å². The summed E-state index contributed by atoms with van der Waals surface area (Å²) in [4.78, 5) is 0. The van der Waals surface area contributed by atoms with Crippen LogP contribution in [0.15, 0.2) is 60.7 Å². The molecule has 130 valence electrons. The molecule has 0 aliphatic heterocycles. The van der Waals surface area contributed by atoms with Crippen LogP contribution in [0.1, 0.15) is 0 Å². The molecule has 0 spiro atoms. The quantitative estimate of drug-likeness (QED) is 0.522. The Kier molecular flexibility index (Phi) is 3.81. The van der Waals surface area contributed by atoms with Gasteiger partial charge in [0.1, 0.15) is 11.5 Å². The Morgan fingerprint density at radius 2 is 1.00 bits per heavy atom. The van der Waals surface area contributed by atoms with E-state index >= 15 is 0 Å². The van der Waals surface area contributed by atoms with Gasteiger partial charge in [-0.3, -0.25) is 0 Å². The Bertz CT molecular complexity index is 1040. The van der Waals surface area contributed by atoms with E-state index in [4.69, 9.17) is 20.9 Å². The van der Waals surface area contributed by atoms with Crippen LogP contribution in [0.25, 0.3) is 32.7 Å². The lowest BCUT2D eigenvalue weighted by Crippen LogP contribution is -1.95. The maximum absolute atomic E-state index is 5.98. The molecule has 0 aliphatic carbocycles. The minimum atomic E-state index is 0.728. The first kappa shape index (κ1) is 16.1. The van der Waals surface area contributed by atoms with E-state index in [1.165, 1.54) is 0 Å². The van der Waals surface area contributed by atoms with Crippen molar-refractivity contribution in [2.75, 3.05) is 25.7 Å². The van der Waals surface area contributed by atoms with Crippen LogP contribution in [-0.2, 0) is 0 Å². The molecule has 4 aromatic carbocycles. The zero-order chi connectivity index (χ0) is 18.3. The molecular weight excluding hydrogens is 324 g/mol. The maximum Gasteiger partial charge on any atom is 0.127 e. The van der Waals surface area contributed by atoms with Crippen molar-refractivity contribution in [1.29, 1.82) is 0 Å². The first-order valence-corrected chi connectivity index (χ1v) is 8.35. The van der Waals surface area contributed by atoms with E-state index in [-0.39, 0.29) is 0 Å². The SMILES string of the molecule is COc1ccc2cc(N)ccc2c1-c1c(OC)ccc2cc(N)ccc12. The van der Waals surface area contributed by atoms with Crippen molar-refractivity contribution in [2.45, 2.75) is 0 Å². The van der Waals surface area contributed by atoms with Crippen LogP contribution in [0.5, 0.6) is 11.5 Å². The molecule has 4 nitrogen and oxygen atoms in total. The molecule has 0 atom stereocenters. The number of nitrogen functional groups attached to an aromatic ring is 2. The van der Waals surface area contributed by atoms with E-state index in [2.05, 4.69) is 0 Å². The maximum atomic E-state index is 5.98. The van der Waals surface area contributed by atoms with E-state index in [1.54, 1.807) is 14.2 Å². The molecule has 0 aromatic heterocycles. The zero-order valence-corrected chi connectivity index (χ0v) is 14.7. The molecular formula is C22H20N2O2. The number of hydrogen-bond acceptors (Lipinski definition) is 4. The second-order valence-electron chi connectivity index (χ2n) is 6.25. The smallest absolute Gasteiger partial charge is 0.127 e. The van der Waals surface area contributed by atoms with Crippen molar-refractivity contribution in [3.63, 3.8) is 0 Å². The van der Waals surface area contributed by atoms with Crippen LogP contribution < -0.4 is 20.9 Å². The number of rotatable bonds is 3. The highest BCUT2D eigenvalue weighted by molar-refractivity contribution is 6.10. The van der Waals surface area contributed by atoms with Gasteiger partial charge in [0.25, 0.3) is 0 Å². The fourth-order valence-corrected chi connectivity index (χ4v) is 3.51. The van der Waals surface area contributed by atoms with Gasteiger partial charge in [0.15, 0.2) is 0 Å². The Hall–Kier alpha value is -3.40. The molecule has 0 aliphatic rings. The molecule has 0 saturated carbocycles. The van der Waals surface area contributed by atoms with Crippen LogP contribution in [0.4, 0.5) is 11.4 Å². The second kappa shape index (κ2) is 6.15. The summed E-state index contributed by atoms with van der Waals surface area (Å²) in [7, 11) is 3.36. The minimum absolute atomic E-state index is 0.728. The van der Waals surface area contributed by atoms with Gasteiger partial charge in [-0.2, -0.15) is 0 Å². The molecule has 0 radical (unpaired) electrons. The molecule has 0 amide bonds. The average Bonchev–Trinajstić information content (AvgIpc) is 2.65. The largest absolute Gasteiger partial charge is 0.496 e. The summed E-state index contributed by atoms with van der Waals surface area (Å²) >= 11 is 0. The van der Waals surface area contributed by atoms with Crippen LogP contribution in [0, 0.1) is 0 Å². The average molecular weight is 344 g/mol. The fourth-order valence-electron chi connectivity index (χ4n) is 3.51. The lowest BCUT2D eigenvalue weighted by Gasteiger charge is -2.18. The Balaban J connectivity index is 2.19. The number of benzene rings is 4. The summed E-state index contributed by atoms with van der Waals surface area (Å²) in [6.07, 6.45) is 0. The van der Waals surface area contributed by atoms with Gasteiger partial charge in [-0.05, 0) is 57.9 Å². The van der Waals surface area contributed by atoms with Gasteiger partial charge < -0.3 is 20.9 Å². The molecule has 4 N–H and O–H groups in total. The first-order chi connectivity index (χ1) is 12.6. The molecule has 4 rings (SSSR count). The van der Waals surface area contributed by atoms with E-state index in [1.807, 2.05) is 60.7 Å². The van der Waals surface area contributed by atoms with Crippen molar-refractivity contribution in [1.82, 2.24) is 0 Å². The summed E-state index contributed by atoms with van der Waals surface area (Å²) in [5.74, 6) is 1.56. The van der Waals surface area contributed by atoms with E-state index < -0.39 is 0 Å². The van der Waals surface area contributed by atoms with Gasteiger partial charge in [-0.1, -0.05) is 24.3 Å². The molecule has 4 aromatic rings. The Morgan fingerprint density at radius 1 is 0.577 bits per heavy atom. The molecule has 0 bridgehead atoms. The zero-order valence-electron chi connectivity index (χ0n) is 14.7. The molecule has 0 fully saturated rings. The predicted octanol–water partition coefficient (Wildman–Crippen LogP) is 4.84. The number of anilines is 2. The van der Waals surface area contributed by atoms with Crippen molar-refractivity contribution < 1.29 is 9.47 Å². The highest BCUT2D eigenvalue weighted by Crippen LogP contribution is 2.45. The van der Waals surface area contributed by atoms with E-state index in [9.17, 15) is 0 Å². The van der Waals surface area contributed by atoms with Gasteiger partial charge in [0.05, 0.1) is 14.2 Å². The second-order valence-corrected chi connectivity index (χ2v) is 6.25. The van der Waals surface area contributed by atoms with Gasteiger partial charge in [0, 0.05) is 22.5 Å². The highest BCUT2D eigenvalue weighted by atomic mass is 16.5. The molecule has 0 unspecified atom stereocenters.